The van der Waals surface area contributed by atoms with E-state index in [1.807, 2.05) is 54.8 Å². The summed E-state index contributed by atoms with van der Waals surface area (Å²) in [6.45, 7) is 0. The molecule has 0 amide bonds. The van der Waals surface area contributed by atoms with Crippen molar-refractivity contribution in [3.8, 4) is 0 Å². The van der Waals surface area contributed by atoms with Crippen molar-refractivity contribution in [1.29, 1.82) is 0 Å². The SMILES string of the molecule is CSC1=NC(c2ccc(Cl)cc2)C(c2ccc(Cl)cc2)N1.I. The molecule has 1 N–H and O–H groups in total. The highest BCUT2D eigenvalue weighted by molar-refractivity contribution is 14.0. The number of nitrogens with one attached hydrogen (secondary N) is 1. The Labute approximate surface area is 161 Å². The molecule has 0 radical (unpaired) electrons. The third kappa shape index (κ3) is 3.91. The van der Waals surface area contributed by atoms with E-state index in [0.29, 0.717) is 0 Å². The molecule has 2 atom stereocenters. The van der Waals surface area contributed by atoms with Crippen LogP contribution in [0.25, 0.3) is 0 Å². The first-order valence-electron chi connectivity index (χ1n) is 6.56. The smallest absolute Gasteiger partial charge is 0.157 e. The number of nitrogens with zero attached hydrogens (tertiary/aromatic N) is 1. The quantitative estimate of drug-likeness (QED) is 0.575. The van der Waals surface area contributed by atoms with Crippen LogP contribution in [0, 0.1) is 0 Å². The van der Waals surface area contributed by atoms with Crippen molar-refractivity contribution in [2.24, 2.45) is 4.99 Å². The Morgan fingerprint density at radius 3 is 1.91 bits per heavy atom. The molecule has 0 fully saturated rings. The van der Waals surface area contributed by atoms with Crippen LogP contribution in [0.3, 0.4) is 0 Å². The summed E-state index contributed by atoms with van der Waals surface area (Å²) in [5, 5.41) is 5.91. The van der Waals surface area contributed by atoms with E-state index >= 15 is 0 Å². The van der Waals surface area contributed by atoms with E-state index in [-0.39, 0.29) is 36.1 Å². The van der Waals surface area contributed by atoms with Gasteiger partial charge in [0.15, 0.2) is 5.17 Å². The first-order chi connectivity index (χ1) is 10.2. The standard InChI is InChI=1S/C16H14Cl2N2S.HI/c1-21-16-19-14(10-2-6-12(17)7-3-10)15(20-16)11-4-8-13(18)9-5-11;/h2-9,14-15H,1H3,(H,19,20);1H. The second-order valence-electron chi connectivity index (χ2n) is 4.81. The van der Waals surface area contributed by atoms with Crippen molar-refractivity contribution >= 4 is 64.1 Å². The molecule has 3 rings (SSSR count). The topological polar surface area (TPSA) is 24.4 Å². The van der Waals surface area contributed by atoms with Crippen molar-refractivity contribution in [2.45, 2.75) is 12.1 Å². The Kier molecular flexibility index (Phi) is 6.44. The average Bonchev–Trinajstić information content (AvgIpc) is 2.93. The molecule has 1 aliphatic heterocycles. The van der Waals surface area contributed by atoms with Crippen LogP contribution in [0.2, 0.25) is 10.0 Å². The lowest BCUT2D eigenvalue weighted by Gasteiger charge is -2.19. The third-order valence-corrected chi connectivity index (χ3v) is 4.60. The number of hydrogen-bond acceptors (Lipinski definition) is 3. The van der Waals surface area contributed by atoms with Gasteiger partial charge in [-0.1, -0.05) is 59.2 Å². The number of benzene rings is 2. The van der Waals surface area contributed by atoms with Crippen molar-refractivity contribution in [3.63, 3.8) is 0 Å². The molecule has 6 heteroatoms. The first kappa shape index (κ1) is 17.9. The van der Waals surface area contributed by atoms with Crippen LogP contribution in [0.5, 0.6) is 0 Å². The van der Waals surface area contributed by atoms with Crippen molar-refractivity contribution < 1.29 is 0 Å². The minimum atomic E-state index is 0. The minimum Gasteiger partial charge on any atom is -0.356 e. The normalized spacial score (nSPS) is 20.0. The molecule has 0 bridgehead atoms. The molecule has 2 aromatic rings. The maximum absolute atomic E-state index is 5.98. The number of rotatable bonds is 2. The van der Waals surface area contributed by atoms with Gasteiger partial charge in [-0.05, 0) is 41.6 Å². The molecule has 116 valence electrons. The number of amidine groups is 1. The van der Waals surface area contributed by atoms with Crippen molar-refractivity contribution in [2.75, 3.05) is 6.26 Å². The van der Waals surface area contributed by atoms with E-state index in [0.717, 1.165) is 20.8 Å². The fourth-order valence-electron chi connectivity index (χ4n) is 2.42. The first-order valence-corrected chi connectivity index (χ1v) is 8.54. The number of halogens is 3. The summed E-state index contributed by atoms with van der Waals surface area (Å²) in [6.07, 6.45) is 2.02. The van der Waals surface area contributed by atoms with E-state index in [1.54, 1.807) is 11.8 Å². The summed E-state index contributed by atoms with van der Waals surface area (Å²) in [7, 11) is 0. The van der Waals surface area contributed by atoms with E-state index in [1.165, 1.54) is 5.56 Å². The molecule has 0 aromatic heterocycles. The summed E-state index contributed by atoms with van der Waals surface area (Å²) in [5.74, 6) is 0. The minimum absolute atomic E-state index is 0. The predicted molar refractivity (Wildman–Crippen MR) is 108 cm³/mol. The largest absolute Gasteiger partial charge is 0.356 e. The van der Waals surface area contributed by atoms with Gasteiger partial charge >= 0.3 is 0 Å². The Bertz CT molecular complexity index is 659. The molecule has 1 aliphatic rings. The zero-order chi connectivity index (χ0) is 14.8. The van der Waals surface area contributed by atoms with Crippen LogP contribution in [0.15, 0.2) is 53.5 Å². The van der Waals surface area contributed by atoms with Gasteiger partial charge in [-0.2, -0.15) is 0 Å². The Hall–Kier alpha value is -0.430. The Morgan fingerprint density at radius 1 is 0.909 bits per heavy atom. The van der Waals surface area contributed by atoms with Gasteiger partial charge in [-0.25, -0.2) is 0 Å². The van der Waals surface area contributed by atoms with Gasteiger partial charge in [0.1, 0.15) is 6.04 Å². The van der Waals surface area contributed by atoms with Crippen LogP contribution < -0.4 is 5.32 Å². The molecule has 0 aliphatic carbocycles. The van der Waals surface area contributed by atoms with Gasteiger partial charge in [0.2, 0.25) is 0 Å². The zero-order valence-electron chi connectivity index (χ0n) is 11.8. The van der Waals surface area contributed by atoms with Gasteiger partial charge in [0, 0.05) is 10.0 Å². The molecule has 2 nitrogen and oxygen atoms in total. The van der Waals surface area contributed by atoms with Crippen molar-refractivity contribution in [3.05, 3.63) is 69.7 Å². The predicted octanol–water partition coefficient (Wildman–Crippen LogP) is 5.72. The molecule has 0 saturated carbocycles. The Balaban J connectivity index is 0.00000176. The van der Waals surface area contributed by atoms with Crippen LogP contribution in [-0.4, -0.2) is 11.4 Å². The van der Waals surface area contributed by atoms with E-state index in [2.05, 4.69) is 5.32 Å². The number of hydrogen-bond donors (Lipinski definition) is 1. The number of aliphatic imine (C=N–C) groups is 1. The van der Waals surface area contributed by atoms with E-state index in [9.17, 15) is 0 Å². The highest BCUT2D eigenvalue weighted by Crippen LogP contribution is 2.38. The summed E-state index contributed by atoms with van der Waals surface area (Å²) in [4.78, 5) is 4.78. The van der Waals surface area contributed by atoms with Gasteiger partial charge in [0.05, 0.1) is 6.04 Å². The maximum atomic E-state index is 5.98. The molecule has 0 saturated heterocycles. The highest BCUT2D eigenvalue weighted by atomic mass is 127. The maximum Gasteiger partial charge on any atom is 0.157 e. The lowest BCUT2D eigenvalue weighted by molar-refractivity contribution is 0.573. The lowest BCUT2D eigenvalue weighted by Crippen LogP contribution is -2.22. The second kappa shape index (κ2) is 7.90. The monoisotopic (exact) mass is 464 g/mol. The van der Waals surface area contributed by atoms with Gasteiger partial charge in [0.25, 0.3) is 0 Å². The summed E-state index contributed by atoms with van der Waals surface area (Å²) < 4.78 is 0. The Morgan fingerprint density at radius 2 is 1.41 bits per heavy atom. The molecular formula is C16H15Cl2IN2S. The van der Waals surface area contributed by atoms with E-state index in [4.69, 9.17) is 28.2 Å². The average molecular weight is 465 g/mol. The van der Waals surface area contributed by atoms with Crippen molar-refractivity contribution in [1.82, 2.24) is 5.32 Å². The van der Waals surface area contributed by atoms with Crippen LogP contribution in [0.4, 0.5) is 0 Å². The van der Waals surface area contributed by atoms with Gasteiger partial charge in [-0.15, -0.1) is 24.0 Å². The fourth-order valence-corrected chi connectivity index (χ4v) is 3.14. The third-order valence-electron chi connectivity index (χ3n) is 3.49. The fraction of sp³-hybridized carbons (Fsp3) is 0.188. The molecule has 1 heterocycles. The van der Waals surface area contributed by atoms with Gasteiger partial charge < -0.3 is 5.32 Å². The van der Waals surface area contributed by atoms with Crippen LogP contribution in [-0.2, 0) is 0 Å². The molecule has 22 heavy (non-hydrogen) atoms. The second-order valence-corrected chi connectivity index (χ2v) is 6.48. The number of thioether (sulfide) groups is 1. The van der Waals surface area contributed by atoms with Crippen LogP contribution >= 0.6 is 58.9 Å². The molecular weight excluding hydrogens is 450 g/mol. The lowest BCUT2D eigenvalue weighted by atomic mass is 9.95. The summed E-state index contributed by atoms with van der Waals surface area (Å²) >= 11 is 13.6. The summed E-state index contributed by atoms with van der Waals surface area (Å²) in [6, 6.07) is 15.9. The van der Waals surface area contributed by atoms with Gasteiger partial charge in [-0.3, -0.25) is 4.99 Å². The highest BCUT2D eigenvalue weighted by Gasteiger charge is 2.30. The molecule has 0 spiro atoms. The van der Waals surface area contributed by atoms with Crippen LogP contribution in [0.1, 0.15) is 23.2 Å². The summed E-state index contributed by atoms with van der Waals surface area (Å²) in [5.41, 5.74) is 2.32. The van der Waals surface area contributed by atoms with E-state index < -0.39 is 0 Å². The molecule has 2 unspecified atom stereocenters. The zero-order valence-corrected chi connectivity index (χ0v) is 16.5. The molecule has 2 aromatic carbocycles.